The van der Waals surface area contributed by atoms with Gasteiger partial charge in [-0.2, -0.15) is 0 Å². The van der Waals surface area contributed by atoms with Gasteiger partial charge in [-0.15, -0.1) is 11.3 Å². The molecule has 0 bridgehead atoms. The smallest absolute Gasteiger partial charge is 0.263 e. The lowest BCUT2D eigenvalue weighted by Crippen LogP contribution is -2.30. The van der Waals surface area contributed by atoms with E-state index >= 15 is 0 Å². The van der Waals surface area contributed by atoms with Gasteiger partial charge in [0.2, 0.25) is 0 Å². The number of hydrogen-bond acceptors (Lipinski definition) is 3. The van der Waals surface area contributed by atoms with Crippen molar-refractivity contribution >= 4 is 48.9 Å². The molecule has 5 heteroatoms. The first kappa shape index (κ1) is 14.9. The van der Waals surface area contributed by atoms with Gasteiger partial charge in [-0.3, -0.25) is 4.79 Å². The monoisotopic (exact) mass is 366 g/mol. The highest BCUT2D eigenvalue weighted by atomic mass is 79.9. The van der Waals surface area contributed by atoms with Crippen LogP contribution in [0.15, 0.2) is 22.7 Å². The summed E-state index contributed by atoms with van der Waals surface area (Å²) in [5.74, 6) is -0.0350. The second-order valence-electron chi connectivity index (χ2n) is 5.92. The molecule has 1 fully saturated rings. The molecule has 1 heterocycles. The second-order valence-corrected chi connectivity index (χ2v) is 7.89. The lowest BCUT2D eigenvalue weighted by Gasteiger charge is -2.14. The van der Waals surface area contributed by atoms with Gasteiger partial charge in [-0.05, 0) is 36.8 Å². The molecule has 0 radical (unpaired) electrons. The van der Waals surface area contributed by atoms with Crippen LogP contribution >= 0.6 is 27.3 Å². The number of nitrogen functional groups attached to an aromatic ring is 1. The summed E-state index contributed by atoms with van der Waals surface area (Å²) >= 11 is 4.91. The molecule has 21 heavy (non-hydrogen) atoms. The molecule has 112 valence electrons. The molecule has 1 aromatic carbocycles. The molecule has 2 aromatic rings. The van der Waals surface area contributed by atoms with Gasteiger partial charge in [0, 0.05) is 21.1 Å². The number of halogens is 1. The Labute approximate surface area is 137 Å². The Morgan fingerprint density at radius 3 is 2.90 bits per heavy atom. The summed E-state index contributed by atoms with van der Waals surface area (Å²) in [6.07, 6.45) is 4.84. The van der Waals surface area contributed by atoms with E-state index in [1.54, 1.807) is 0 Å². The summed E-state index contributed by atoms with van der Waals surface area (Å²) in [5.41, 5.74) is 7.10. The minimum absolute atomic E-state index is 0.0350. The summed E-state index contributed by atoms with van der Waals surface area (Å²) in [4.78, 5) is 13.0. The molecule has 3 rings (SSSR count). The number of carbonyl (C=O) groups is 1. The van der Waals surface area contributed by atoms with Crippen LogP contribution in [0.2, 0.25) is 0 Å². The van der Waals surface area contributed by atoms with E-state index in [0.29, 0.717) is 16.0 Å². The van der Waals surface area contributed by atoms with Gasteiger partial charge >= 0.3 is 0 Å². The molecule has 1 aliphatic rings. The predicted molar refractivity (Wildman–Crippen MR) is 92.8 cm³/mol. The molecule has 1 aliphatic carbocycles. The van der Waals surface area contributed by atoms with Crippen molar-refractivity contribution in [1.82, 2.24) is 5.32 Å². The first-order chi connectivity index (χ1) is 10.0. The number of benzene rings is 1. The number of hydrogen-bond donors (Lipinski definition) is 2. The number of nitrogens with one attached hydrogen (secondary N) is 1. The first-order valence-corrected chi connectivity index (χ1v) is 8.91. The van der Waals surface area contributed by atoms with E-state index in [0.717, 1.165) is 21.1 Å². The Morgan fingerprint density at radius 1 is 1.48 bits per heavy atom. The summed E-state index contributed by atoms with van der Waals surface area (Å²) in [7, 11) is 0. The van der Waals surface area contributed by atoms with Crippen LogP contribution in [-0.4, -0.2) is 12.5 Å². The van der Waals surface area contributed by atoms with Gasteiger partial charge in [0.15, 0.2) is 0 Å². The minimum Gasteiger partial charge on any atom is -0.397 e. The number of carbonyl (C=O) groups excluding carboxylic acids is 1. The van der Waals surface area contributed by atoms with Crippen molar-refractivity contribution in [2.24, 2.45) is 5.41 Å². The molecule has 0 saturated heterocycles. The number of anilines is 1. The van der Waals surface area contributed by atoms with Gasteiger partial charge in [0.25, 0.3) is 5.91 Å². The quantitative estimate of drug-likeness (QED) is 0.814. The van der Waals surface area contributed by atoms with E-state index in [1.807, 2.05) is 18.2 Å². The van der Waals surface area contributed by atoms with Crippen LogP contribution in [0.5, 0.6) is 0 Å². The molecule has 0 unspecified atom stereocenters. The van der Waals surface area contributed by atoms with Crippen LogP contribution in [0.25, 0.3) is 10.1 Å². The fraction of sp³-hybridized carbons (Fsp3) is 0.438. The number of rotatable bonds is 5. The Hall–Kier alpha value is -1.07. The molecular formula is C16H19BrN2OS. The third-order valence-electron chi connectivity index (χ3n) is 4.26. The zero-order chi connectivity index (χ0) is 15.0. The van der Waals surface area contributed by atoms with Crippen molar-refractivity contribution in [3.8, 4) is 0 Å². The average Bonchev–Trinajstić information content (AvgIpc) is 3.15. The Bertz CT molecular complexity index is 691. The SMILES string of the molecule is CCCC1(CNC(=O)c2sc3cc(Br)ccc3c2N)CC1. The number of fused-ring (bicyclic) bond motifs is 1. The summed E-state index contributed by atoms with van der Waals surface area (Å²) < 4.78 is 2.05. The Kier molecular flexibility index (Phi) is 3.97. The van der Waals surface area contributed by atoms with Crippen molar-refractivity contribution in [1.29, 1.82) is 0 Å². The van der Waals surface area contributed by atoms with E-state index in [-0.39, 0.29) is 5.91 Å². The van der Waals surface area contributed by atoms with Gasteiger partial charge in [0.1, 0.15) is 4.88 Å². The highest BCUT2D eigenvalue weighted by Gasteiger charge is 2.41. The highest BCUT2D eigenvalue weighted by Crippen LogP contribution is 2.49. The normalized spacial score (nSPS) is 16.1. The lowest BCUT2D eigenvalue weighted by molar-refractivity contribution is 0.0948. The Morgan fingerprint density at radius 2 is 2.24 bits per heavy atom. The van der Waals surface area contributed by atoms with E-state index < -0.39 is 0 Å². The summed E-state index contributed by atoms with van der Waals surface area (Å²) in [5, 5.41) is 4.04. The highest BCUT2D eigenvalue weighted by molar-refractivity contribution is 9.10. The molecule has 3 nitrogen and oxygen atoms in total. The lowest BCUT2D eigenvalue weighted by atomic mass is 10.0. The summed E-state index contributed by atoms with van der Waals surface area (Å²) in [6.45, 7) is 2.97. The first-order valence-electron chi connectivity index (χ1n) is 7.30. The molecule has 0 aliphatic heterocycles. The van der Waals surface area contributed by atoms with Gasteiger partial charge in [-0.25, -0.2) is 0 Å². The van der Waals surface area contributed by atoms with Gasteiger partial charge < -0.3 is 11.1 Å². The molecule has 1 amide bonds. The molecule has 3 N–H and O–H groups in total. The maximum atomic E-state index is 12.4. The van der Waals surface area contributed by atoms with Crippen molar-refractivity contribution < 1.29 is 4.79 Å². The fourth-order valence-electron chi connectivity index (χ4n) is 2.83. The maximum Gasteiger partial charge on any atom is 0.263 e. The van der Waals surface area contributed by atoms with Crippen molar-refractivity contribution in [2.75, 3.05) is 12.3 Å². The third-order valence-corrected chi connectivity index (χ3v) is 5.92. The zero-order valence-corrected chi connectivity index (χ0v) is 14.4. The maximum absolute atomic E-state index is 12.4. The van der Waals surface area contributed by atoms with Crippen molar-refractivity contribution in [3.05, 3.63) is 27.5 Å². The van der Waals surface area contributed by atoms with E-state index in [2.05, 4.69) is 28.2 Å². The van der Waals surface area contributed by atoms with Gasteiger partial charge in [-0.1, -0.05) is 35.3 Å². The second kappa shape index (κ2) is 5.61. The summed E-state index contributed by atoms with van der Waals surface area (Å²) in [6, 6.07) is 5.92. The van der Waals surface area contributed by atoms with Crippen molar-refractivity contribution in [3.63, 3.8) is 0 Å². The molecule has 1 saturated carbocycles. The standard InChI is InChI=1S/C16H19BrN2OS/c1-2-5-16(6-7-16)9-19-15(20)14-13(18)11-4-3-10(17)8-12(11)21-14/h3-4,8H,2,5-7,9,18H2,1H3,(H,19,20). The Balaban J connectivity index is 1.77. The molecular weight excluding hydrogens is 348 g/mol. The van der Waals surface area contributed by atoms with Crippen LogP contribution in [0.3, 0.4) is 0 Å². The van der Waals surface area contributed by atoms with Crippen LogP contribution in [0.4, 0.5) is 5.69 Å². The molecule has 0 atom stereocenters. The largest absolute Gasteiger partial charge is 0.397 e. The van der Waals surface area contributed by atoms with Crippen LogP contribution in [-0.2, 0) is 0 Å². The van der Waals surface area contributed by atoms with Crippen LogP contribution < -0.4 is 11.1 Å². The third kappa shape index (κ3) is 2.94. The molecule has 0 spiro atoms. The van der Waals surface area contributed by atoms with E-state index in [4.69, 9.17) is 5.73 Å². The number of thiophene rings is 1. The fourth-order valence-corrected chi connectivity index (χ4v) is 4.42. The molecule has 1 aromatic heterocycles. The van der Waals surface area contributed by atoms with Crippen LogP contribution in [0.1, 0.15) is 42.3 Å². The van der Waals surface area contributed by atoms with Crippen molar-refractivity contribution in [2.45, 2.75) is 32.6 Å². The predicted octanol–water partition coefficient (Wildman–Crippen LogP) is 4.56. The van der Waals surface area contributed by atoms with Crippen LogP contribution in [0, 0.1) is 5.41 Å². The zero-order valence-electron chi connectivity index (χ0n) is 12.0. The van der Waals surface area contributed by atoms with Gasteiger partial charge in [0.05, 0.1) is 5.69 Å². The number of amides is 1. The number of nitrogens with two attached hydrogens (primary N) is 1. The minimum atomic E-state index is -0.0350. The van der Waals surface area contributed by atoms with E-state index in [9.17, 15) is 4.79 Å². The van der Waals surface area contributed by atoms with E-state index in [1.165, 1.54) is 37.0 Å². The topological polar surface area (TPSA) is 55.1 Å². The average molecular weight is 367 g/mol.